The van der Waals surface area contributed by atoms with Crippen LogP contribution in [0.5, 0.6) is 5.75 Å². The molecular formula is C16H23NO3. The number of carboxylic acids is 1. The fraction of sp³-hybridized carbons (Fsp3) is 0.562. The average molecular weight is 277 g/mol. The van der Waals surface area contributed by atoms with Crippen molar-refractivity contribution in [3.8, 4) is 5.75 Å². The molecule has 0 radical (unpaired) electrons. The average Bonchev–Trinajstić information content (AvgIpc) is 2.47. The van der Waals surface area contributed by atoms with Gasteiger partial charge in [0.1, 0.15) is 11.9 Å². The number of ether oxygens (including phenoxy) is 1. The highest BCUT2D eigenvalue weighted by Crippen LogP contribution is 2.28. The van der Waals surface area contributed by atoms with Crippen LogP contribution in [0.25, 0.3) is 0 Å². The molecule has 20 heavy (non-hydrogen) atoms. The molecule has 110 valence electrons. The Kier molecular flexibility index (Phi) is 5.41. The Morgan fingerprint density at radius 2 is 1.95 bits per heavy atom. The van der Waals surface area contributed by atoms with Gasteiger partial charge >= 0.3 is 5.97 Å². The van der Waals surface area contributed by atoms with Crippen molar-refractivity contribution >= 4 is 5.97 Å². The first kappa shape index (κ1) is 14.9. The third-order valence-corrected chi connectivity index (χ3v) is 3.98. The summed E-state index contributed by atoms with van der Waals surface area (Å²) in [5, 5.41) is 8.67. The summed E-state index contributed by atoms with van der Waals surface area (Å²) >= 11 is 0. The number of benzene rings is 1. The van der Waals surface area contributed by atoms with Gasteiger partial charge in [-0.1, -0.05) is 18.6 Å². The van der Waals surface area contributed by atoms with Crippen molar-refractivity contribution in [2.24, 2.45) is 11.7 Å². The topological polar surface area (TPSA) is 72.5 Å². The molecule has 0 aromatic heterocycles. The van der Waals surface area contributed by atoms with Crippen LogP contribution in [-0.4, -0.2) is 23.7 Å². The smallest absolute Gasteiger partial charge is 0.303 e. The Hall–Kier alpha value is -1.55. The third-order valence-electron chi connectivity index (χ3n) is 3.98. The van der Waals surface area contributed by atoms with E-state index in [2.05, 4.69) is 0 Å². The maximum Gasteiger partial charge on any atom is 0.303 e. The quantitative estimate of drug-likeness (QED) is 0.838. The number of hydrogen-bond acceptors (Lipinski definition) is 3. The van der Waals surface area contributed by atoms with Gasteiger partial charge in [-0.3, -0.25) is 4.79 Å². The van der Waals surface area contributed by atoms with Gasteiger partial charge in [0, 0.05) is 12.3 Å². The number of hydrogen-bond donors (Lipinski definition) is 2. The monoisotopic (exact) mass is 277 g/mol. The molecule has 4 nitrogen and oxygen atoms in total. The molecule has 0 aliphatic heterocycles. The third kappa shape index (κ3) is 4.23. The molecule has 0 amide bonds. The summed E-state index contributed by atoms with van der Waals surface area (Å²) in [5.41, 5.74) is 6.83. The fourth-order valence-corrected chi connectivity index (χ4v) is 2.76. The fourth-order valence-electron chi connectivity index (χ4n) is 2.76. The highest BCUT2D eigenvalue weighted by molar-refractivity contribution is 5.67. The summed E-state index contributed by atoms with van der Waals surface area (Å²) in [5.74, 6) is 0.545. The van der Waals surface area contributed by atoms with Crippen molar-refractivity contribution in [3.05, 3.63) is 29.8 Å². The number of aliphatic carboxylic acids is 1. The molecule has 1 fully saturated rings. The van der Waals surface area contributed by atoms with Crippen LogP contribution >= 0.6 is 0 Å². The first-order valence-electron chi connectivity index (χ1n) is 7.36. The van der Waals surface area contributed by atoms with Crippen molar-refractivity contribution in [2.75, 3.05) is 6.54 Å². The number of aryl methyl sites for hydroxylation is 1. The molecule has 2 rings (SSSR count). The molecule has 1 aliphatic carbocycles. The van der Waals surface area contributed by atoms with Gasteiger partial charge in [0.05, 0.1) is 0 Å². The lowest BCUT2D eigenvalue weighted by atomic mass is 9.86. The van der Waals surface area contributed by atoms with E-state index in [9.17, 15) is 4.79 Å². The van der Waals surface area contributed by atoms with Crippen molar-refractivity contribution in [1.29, 1.82) is 0 Å². The molecule has 1 aromatic carbocycles. The maximum atomic E-state index is 10.5. The predicted molar refractivity (Wildman–Crippen MR) is 77.8 cm³/mol. The Labute approximate surface area is 119 Å². The number of nitrogens with two attached hydrogens (primary N) is 1. The second kappa shape index (κ2) is 7.29. The molecule has 0 heterocycles. The van der Waals surface area contributed by atoms with E-state index in [-0.39, 0.29) is 12.5 Å². The summed E-state index contributed by atoms with van der Waals surface area (Å²) in [6.07, 6.45) is 5.62. The van der Waals surface area contributed by atoms with Gasteiger partial charge in [-0.2, -0.15) is 0 Å². The summed E-state index contributed by atoms with van der Waals surface area (Å²) in [4.78, 5) is 10.5. The molecule has 1 saturated carbocycles. The van der Waals surface area contributed by atoms with Crippen LogP contribution in [0.4, 0.5) is 0 Å². The Morgan fingerprint density at radius 1 is 1.25 bits per heavy atom. The van der Waals surface area contributed by atoms with E-state index < -0.39 is 5.97 Å². The lowest BCUT2D eigenvalue weighted by Crippen LogP contribution is -2.35. The van der Waals surface area contributed by atoms with Gasteiger partial charge in [-0.15, -0.1) is 0 Å². The maximum absolute atomic E-state index is 10.5. The molecule has 1 aromatic rings. The minimum Gasteiger partial charge on any atom is -0.490 e. The van der Waals surface area contributed by atoms with Gasteiger partial charge < -0.3 is 15.6 Å². The van der Waals surface area contributed by atoms with E-state index in [0.717, 1.165) is 24.2 Å². The van der Waals surface area contributed by atoms with Gasteiger partial charge in [0.25, 0.3) is 0 Å². The van der Waals surface area contributed by atoms with Crippen LogP contribution in [0.2, 0.25) is 0 Å². The van der Waals surface area contributed by atoms with Crippen LogP contribution in [-0.2, 0) is 11.2 Å². The van der Waals surface area contributed by atoms with Crippen molar-refractivity contribution in [3.63, 3.8) is 0 Å². The predicted octanol–water partition coefficient (Wildman–Crippen LogP) is 2.60. The van der Waals surface area contributed by atoms with E-state index in [1.807, 2.05) is 24.3 Å². The summed E-state index contributed by atoms with van der Waals surface area (Å²) in [6.45, 7) is 0.682. The molecule has 1 aliphatic rings. The largest absolute Gasteiger partial charge is 0.490 e. The second-order valence-corrected chi connectivity index (χ2v) is 5.47. The molecule has 2 unspecified atom stereocenters. The van der Waals surface area contributed by atoms with Gasteiger partial charge in [-0.25, -0.2) is 0 Å². The lowest BCUT2D eigenvalue weighted by Gasteiger charge is -2.31. The van der Waals surface area contributed by atoms with E-state index in [1.54, 1.807) is 0 Å². The van der Waals surface area contributed by atoms with E-state index in [4.69, 9.17) is 15.6 Å². The SMILES string of the molecule is NCC1CCCCC1Oc1ccc(CCC(=O)O)cc1. The van der Waals surface area contributed by atoms with Gasteiger partial charge in [-0.05, 0) is 49.9 Å². The summed E-state index contributed by atoms with van der Waals surface area (Å²) in [7, 11) is 0. The molecule has 2 atom stereocenters. The zero-order valence-corrected chi connectivity index (χ0v) is 11.8. The van der Waals surface area contributed by atoms with Crippen molar-refractivity contribution < 1.29 is 14.6 Å². The molecule has 0 bridgehead atoms. The zero-order chi connectivity index (χ0) is 14.4. The number of carboxylic acid groups (broad SMARTS) is 1. The molecule has 0 saturated heterocycles. The molecular weight excluding hydrogens is 254 g/mol. The minimum absolute atomic E-state index is 0.165. The second-order valence-electron chi connectivity index (χ2n) is 5.47. The number of rotatable bonds is 6. The van der Waals surface area contributed by atoms with Gasteiger partial charge in [0.2, 0.25) is 0 Å². The van der Waals surface area contributed by atoms with Gasteiger partial charge in [0.15, 0.2) is 0 Å². The Balaban J connectivity index is 1.90. The molecule has 4 heteroatoms. The normalized spacial score (nSPS) is 22.4. The van der Waals surface area contributed by atoms with Crippen molar-refractivity contribution in [2.45, 2.75) is 44.6 Å². The Morgan fingerprint density at radius 3 is 2.60 bits per heavy atom. The van der Waals surface area contributed by atoms with Crippen molar-refractivity contribution in [1.82, 2.24) is 0 Å². The standard InChI is InChI=1S/C16H23NO3/c17-11-13-3-1-2-4-15(13)20-14-8-5-12(6-9-14)7-10-16(18)19/h5-6,8-9,13,15H,1-4,7,10-11,17H2,(H,18,19). The zero-order valence-electron chi connectivity index (χ0n) is 11.8. The summed E-state index contributed by atoms with van der Waals surface area (Å²) < 4.78 is 6.04. The summed E-state index contributed by atoms with van der Waals surface area (Å²) in [6, 6.07) is 7.75. The van der Waals surface area contributed by atoms with E-state index >= 15 is 0 Å². The molecule has 3 N–H and O–H groups in total. The number of carbonyl (C=O) groups is 1. The van der Waals surface area contributed by atoms with Crippen LogP contribution in [0.1, 0.15) is 37.7 Å². The van der Waals surface area contributed by atoms with Crippen LogP contribution < -0.4 is 10.5 Å². The van der Waals surface area contributed by atoms with Crippen LogP contribution in [0.3, 0.4) is 0 Å². The first-order valence-corrected chi connectivity index (χ1v) is 7.36. The first-order chi connectivity index (χ1) is 9.69. The minimum atomic E-state index is -0.765. The van der Waals surface area contributed by atoms with E-state index in [1.165, 1.54) is 12.8 Å². The van der Waals surface area contributed by atoms with E-state index in [0.29, 0.717) is 18.9 Å². The molecule has 0 spiro atoms. The van der Waals surface area contributed by atoms with Crippen LogP contribution in [0.15, 0.2) is 24.3 Å². The highest BCUT2D eigenvalue weighted by Gasteiger charge is 2.25. The van der Waals surface area contributed by atoms with Crippen LogP contribution in [0, 0.1) is 5.92 Å². The highest BCUT2D eigenvalue weighted by atomic mass is 16.5. The lowest BCUT2D eigenvalue weighted by molar-refractivity contribution is -0.136. The Bertz CT molecular complexity index is 430.